The monoisotopic (exact) mass is 310 g/mol. The first kappa shape index (κ1) is 15.0. The summed E-state index contributed by atoms with van der Waals surface area (Å²) in [5.41, 5.74) is 1.05. The van der Waals surface area contributed by atoms with Crippen molar-refractivity contribution in [3.8, 4) is 0 Å². The van der Waals surface area contributed by atoms with Gasteiger partial charge in [0, 0.05) is 18.8 Å². The van der Waals surface area contributed by atoms with Crippen molar-refractivity contribution in [1.29, 1.82) is 0 Å². The number of carbonyl (C=O) groups is 1. The average molecular weight is 310 g/mol. The minimum Gasteiger partial charge on any atom is -0.347 e. The van der Waals surface area contributed by atoms with E-state index in [1.54, 1.807) is 17.2 Å². The van der Waals surface area contributed by atoms with E-state index in [1.807, 2.05) is 47.3 Å². The number of carbonyl (C=O) groups excluding carboxylic acids is 1. The Balaban J connectivity index is 1.64. The van der Waals surface area contributed by atoms with Gasteiger partial charge in [0.25, 0.3) is 0 Å². The van der Waals surface area contributed by atoms with Crippen LogP contribution in [0.2, 0.25) is 0 Å². The van der Waals surface area contributed by atoms with Crippen LogP contribution < -0.4 is 5.32 Å². The predicted molar refractivity (Wildman–Crippen MR) is 84.2 cm³/mol. The summed E-state index contributed by atoms with van der Waals surface area (Å²) < 4.78 is 3.46. The number of benzene rings is 1. The first-order chi connectivity index (χ1) is 11.3. The summed E-state index contributed by atoms with van der Waals surface area (Å²) in [6.07, 6.45) is 7.03. The number of amides is 1. The predicted octanol–water partition coefficient (Wildman–Crippen LogP) is 1.42. The maximum Gasteiger partial charge on any atom is 0.222 e. The first-order valence-electron chi connectivity index (χ1n) is 7.45. The Bertz CT molecular complexity index is 708. The van der Waals surface area contributed by atoms with Crippen molar-refractivity contribution in [2.24, 2.45) is 0 Å². The van der Waals surface area contributed by atoms with Gasteiger partial charge in [-0.15, -0.1) is 0 Å². The Hall–Kier alpha value is -2.96. The molecule has 23 heavy (non-hydrogen) atoms. The van der Waals surface area contributed by atoms with Gasteiger partial charge in [-0.3, -0.25) is 14.2 Å². The fourth-order valence-corrected chi connectivity index (χ4v) is 2.35. The van der Waals surface area contributed by atoms with Gasteiger partial charge in [0.05, 0.1) is 19.1 Å². The van der Waals surface area contributed by atoms with Crippen molar-refractivity contribution in [3.05, 3.63) is 67.0 Å². The molecule has 0 saturated carbocycles. The molecule has 0 spiro atoms. The van der Waals surface area contributed by atoms with Crippen LogP contribution in [0.5, 0.6) is 0 Å². The van der Waals surface area contributed by atoms with E-state index in [0.717, 1.165) is 5.56 Å². The fraction of sp³-hybridized carbons (Fsp3) is 0.250. The van der Waals surface area contributed by atoms with Crippen molar-refractivity contribution in [2.45, 2.75) is 25.6 Å². The Morgan fingerprint density at radius 3 is 2.70 bits per heavy atom. The van der Waals surface area contributed by atoms with E-state index in [9.17, 15) is 4.79 Å². The van der Waals surface area contributed by atoms with Crippen molar-refractivity contribution < 1.29 is 4.79 Å². The SMILES string of the molecule is O=C(CCn1cncn1)NC(Cn1cccn1)c1ccccc1. The summed E-state index contributed by atoms with van der Waals surface area (Å²) >= 11 is 0. The maximum atomic E-state index is 12.2. The Kier molecular flexibility index (Phi) is 4.78. The summed E-state index contributed by atoms with van der Waals surface area (Å²) in [4.78, 5) is 16.1. The second-order valence-electron chi connectivity index (χ2n) is 5.17. The van der Waals surface area contributed by atoms with E-state index < -0.39 is 0 Å². The summed E-state index contributed by atoms with van der Waals surface area (Å²) in [5, 5.41) is 11.3. The van der Waals surface area contributed by atoms with E-state index in [0.29, 0.717) is 19.5 Å². The van der Waals surface area contributed by atoms with Crippen LogP contribution in [-0.4, -0.2) is 30.5 Å². The molecule has 7 nitrogen and oxygen atoms in total. The molecule has 0 bridgehead atoms. The van der Waals surface area contributed by atoms with Crippen molar-refractivity contribution in [2.75, 3.05) is 0 Å². The van der Waals surface area contributed by atoms with Gasteiger partial charge in [-0.25, -0.2) is 4.98 Å². The zero-order valence-corrected chi connectivity index (χ0v) is 12.6. The second kappa shape index (κ2) is 7.35. The molecule has 0 aliphatic heterocycles. The third-order valence-electron chi connectivity index (χ3n) is 3.50. The summed E-state index contributed by atoms with van der Waals surface area (Å²) in [7, 11) is 0. The molecule has 0 radical (unpaired) electrons. The lowest BCUT2D eigenvalue weighted by molar-refractivity contribution is -0.122. The van der Waals surface area contributed by atoms with Crippen LogP contribution in [0.3, 0.4) is 0 Å². The van der Waals surface area contributed by atoms with Crippen molar-refractivity contribution in [3.63, 3.8) is 0 Å². The van der Waals surface area contributed by atoms with Gasteiger partial charge in [0.15, 0.2) is 0 Å². The van der Waals surface area contributed by atoms with Crippen LogP contribution >= 0.6 is 0 Å². The minimum absolute atomic E-state index is 0.0264. The molecule has 0 saturated heterocycles. The number of nitrogens with one attached hydrogen (secondary N) is 1. The number of aryl methyl sites for hydroxylation is 1. The van der Waals surface area contributed by atoms with Gasteiger partial charge in [0.1, 0.15) is 12.7 Å². The molecule has 0 aliphatic rings. The van der Waals surface area contributed by atoms with E-state index in [4.69, 9.17) is 0 Å². The van der Waals surface area contributed by atoms with Gasteiger partial charge in [-0.2, -0.15) is 10.2 Å². The van der Waals surface area contributed by atoms with Crippen LogP contribution in [0.4, 0.5) is 0 Å². The highest BCUT2D eigenvalue weighted by atomic mass is 16.1. The zero-order valence-electron chi connectivity index (χ0n) is 12.6. The molecule has 1 N–H and O–H groups in total. The minimum atomic E-state index is -0.126. The highest BCUT2D eigenvalue weighted by Crippen LogP contribution is 2.15. The Labute approximate surface area is 134 Å². The van der Waals surface area contributed by atoms with Gasteiger partial charge >= 0.3 is 0 Å². The van der Waals surface area contributed by atoms with Crippen molar-refractivity contribution in [1.82, 2.24) is 29.9 Å². The summed E-state index contributed by atoms with van der Waals surface area (Å²) in [6.45, 7) is 1.10. The van der Waals surface area contributed by atoms with Gasteiger partial charge in [0.2, 0.25) is 5.91 Å². The molecule has 0 aliphatic carbocycles. The summed E-state index contributed by atoms with van der Waals surface area (Å²) in [6, 6.07) is 11.6. The topological polar surface area (TPSA) is 77.6 Å². The third kappa shape index (κ3) is 4.26. The molecule has 3 rings (SSSR count). The molecular formula is C16H18N6O. The molecule has 0 fully saturated rings. The second-order valence-corrected chi connectivity index (χ2v) is 5.17. The van der Waals surface area contributed by atoms with Crippen LogP contribution in [0.15, 0.2) is 61.4 Å². The van der Waals surface area contributed by atoms with E-state index in [1.165, 1.54) is 6.33 Å². The lowest BCUT2D eigenvalue weighted by Gasteiger charge is -2.19. The number of nitrogens with zero attached hydrogens (tertiary/aromatic N) is 5. The molecule has 1 atom stereocenters. The standard InChI is InChI=1S/C16H18N6O/c23-16(7-10-22-13-17-12-19-22)20-15(11-21-9-4-8-18-21)14-5-2-1-3-6-14/h1-6,8-9,12-13,15H,7,10-11H2,(H,20,23). The molecule has 118 valence electrons. The quantitative estimate of drug-likeness (QED) is 0.716. The Morgan fingerprint density at radius 2 is 2.00 bits per heavy atom. The lowest BCUT2D eigenvalue weighted by atomic mass is 10.1. The maximum absolute atomic E-state index is 12.2. The summed E-state index contributed by atoms with van der Waals surface area (Å²) in [5.74, 6) is -0.0264. The van der Waals surface area contributed by atoms with E-state index >= 15 is 0 Å². The van der Waals surface area contributed by atoms with Gasteiger partial charge < -0.3 is 5.32 Å². The Morgan fingerprint density at radius 1 is 1.13 bits per heavy atom. The van der Waals surface area contributed by atoms with Gasteiger partial charge in [-0.05, 0) is 11.6 Å². The molecule has 1 aromatic carbocycles. The van der Waals surface area contributed by atoms with E-state index in [2.05, 4.69) is 20.5 Å². The molecule has 2 aromatic heterocycles. The number of hydrogen-bond donors (Lipinski definition) is 1. The smallest absolute Gasteiger partial charge is 0.222 e. The van der Waals surface area contributed by atoms with Crippen LogP contribution in [0, 0.1) is 0 Å². The first-order valence-corrected chi connectivity index (χ1v) is 7.45. The molecule has 7 heteroatoms. The highest BCUT2D eigenvalue weighted by Gasteiger charge is 2.15. The van der Waals surface area contributed by atoms with Gasteiger partial charge in [-0.1, -0.05) is 30.3 Å². The van der Waals surface area contributed by atoms with Crippen LogP contribution in [-0.2, 0) is 17.9 Å². The molecular weight excluding hydrogens is 292 g/mol. The van der Waals surface area contributed by atoms with E-state index in [-0.39, 0.29) is 11.9 Å². The number of rotatable bonds is 7. The molecule has 1 amide bonds. The normalized spacial score (nSPS) is 12.0. The highest BCUT2D eigenvalue weighted by molar-refractivity contribution is 5.76. The number of hydrogen-bond acceptors (Lipinski definition) is 4. The van der Waals surface area contributed by atoms with Crippen LogP contribution in [0.1, 0.15) is 18.0 Å². The third-order valence-corrected chi connectivity index (χ3v) is 3.50. The average Bonchev–Trinajstić information content (AvgIpc) is 3.27. The number of aromatic nitrogens is 5. The van der Waals surface area contributed by atoms with Crippen molar-refractivity contribution >= 4 is 5.91 Å². The molecule has 1 unspecified atom stereocenters. The zero-order chi connectivity index (χ0) is 15.9. The molecule has 2 heterocycles. The lowest BCUT2D eigenvalue weighted by Crippen LogP contribution is -2.32. The largest absolute Gasteiger partial charge is 0.347 e. The van der Waals surface area contributed by atoms with Crippen LogP contribution in [0.25, 0.3) is 0 Å². The molecule has 3 aromatic rings. The fourth-order valence-electron chi connectivity index (χ4n) is 2.35.